The number of rotatable bonds is 4. The van der Waals surface area contributed by atoms with Crippen molar-refractivity contribution in [2.75, 3.05) is 7.11 Å². The van der Waals surface area contributed by atoms with Gasteiger partial charge in [-0.25, -0.2) is 9.82 Å². The first-order valence-corrected chi connectivity index (χ1v) is 6.35. The molecule has 0 aliphatic carbocycles. The van der Waals surface area contributed by atoms with Crippen LogP contribution in [0.2, 0.25) is 0 Å². The second-order valence-corrected chi connectivity index (χ2v) is 4.84. The maximum atomic E-state index is 14.0. The number of benzene rings is 1. The van der Waals surface area contributed by atoms with Crippen molar-refractivity contribution in [3.05, 3.63) is 58.1 Å². The molecule has 4 nitrogen and oxygen atoms in total. The summed E-state index contributed by atoms with van der Waals surface area (Å²) < 4.78 is 19.8. The van der Waals surface area contributed by atoms with E-state index in [1.54, 1.807) is 37.7 Å². The van der Waals surface area contributed by atoms with Crippen LogP contribution in [0, 0.1) is 5.82 Å². The Kier molecular flexibility index (Phi) is 4.47. The highest BCUT2D eigenvalue weighted by Gasteiger charge is 2.17. The van der Waals surface area contributed by atoms with E-state index in [0.29, 0.717) is 15.8 Å². The molecule has 0 bridgehead atoms. The van der Waals surface area contributed by atoms with Crippen molar-refractivity contribution in [2.24, 2.45) is 5.84 Å². The zero-order valence-corrected chi connectivity index (χ0v) is 11.8. The Labute approximate surface area is 118 Å². The molecule has 0 aliphatic heterocycles. The first-order chi connectivity index (χ1) is 9.15. The van der Waals surface area contributed by atoms with Crippen molar-refractivity contribution in [1.29, 1.82) is 0 Å². The second kappa shape index (κ2) is 6.10. The summed E-state index contributed by atoms with van der Waals surface area (Å²) in [5, 5.41) is 0. The van der Waals surface area contributed by atoms with Crippen molar-refractivity contribution in [3.8, 4) is 5.75 Å². The van der Waals surface area contributed by atoms with Gasteiger partial charge >= 0.3 is 0 Å². The average Bonchev–Trinajstić information content (AvgIpc) is 2.42. The first-order valence-electron chi connectivity index (χ1n) is 5.55. The molecule has 0 radical (unpaired) electrons. The van der Waals surface area contributed by atoms with Crippen LogP contribution in [0.4, 0.5) is 4.39 Å². The molecule has 0 saturated heterocycles. The number of ether oxygens (including phenoxy) is 1. The lowest BCUT2D eigenvalue weighted by Crippen LogP contribution is -2.29. The van der Waals surface area contributed by atoms with Crippen LogP contribution in [0.5, 0.6) is 5.75 Å². The number of aromatic nitrogens is 1. The molecule has 19 heavy (non-hydrogen) atoms. The van der Waals surface area contributed by atoms with Crippen LogP contribution in [-0.4, -0.2) is 12.1 Å². The third-order valence-electron chi connectivity index (χ3n) is 2.74. The summed E-state index contributed by atoms with van der Waals surface area (Å²) in [4.78, 5) is 4.04. The van der Waals surface area contributed by atoms with E-state index in [1.165, 1.54) is 6.07 Å². The Morgan fingerprint density at radius 3 is 2.79 bits per heavy atom. The summed E-state index contributed by atoms with van der Waals surface area (Å²) >= 11 is 3.22. The quantitative estimate of drug-likeness (QED) is 0.670. The first kappa shape index (κ1) is 13.9. The van der Waals surface area contributed by atoms with E-state index in [4.69, 9.17) is 10.6 Å². The number of methoxy groups -OCH3 is 1. The van der Waals surface area contributed by atoms with Gasteiger partial charge in [0.15, 0.2) is 0 Å². The van der Waals surface area contributed by atoms with Gasteiger partial charge in [-0.05, 0) is 23.8 Å². The molecule has 2 rings (SSSR count). The fraction of sp³-hybridized carbons (Fsp3) is 0.154. The molecule has 6 heteroatoms. The van der Waals surface area contributed by atoms with E-state index in [2.05, 4.69) is 26.3 Å². The third-order valence-corrected chi connectivity index (χ3v) is 3.24. The topological polar surface area (TPSA) is 60.2 Å². The predicted octanol–water partition coefficient (Wildman–Crippen LogP) is 2.54. The molecule has 0 aliphatic rings. The number of halogens is 2. The molecule has 1 aromatic heterocycles. The number of hydrogen-bond acceptors (Lipinski definition) is 4. The van der Waals surface area contributed by atoms with Crippen molar-refractivity contribution in [3.63, 3.8) is 0 Å². The SMILES string of the molecule is COc1cncc(C(NN)c2ccc(Br)cc2F)c1. The van der Waals surface area contributed by atoms with E-state index >= 15 is 0 Å². The highest BCUT2D eigenvalue weighted by atomic mass is 79.9. The maximum absolute atomic E-state index is 14.0. The van der Waals surface area contributed by atoms with Gasteiger partial charge in [-0.3, -0.25) is 10.8 Å². The zero-order valence-electron chi connectivity index (χ0n) is 10.2. The number of nitrogens with zero attached hydrogens (tertiary/aromatic N) is 1. The van der Waals surface area contributed by atoms with E-state index in [1.807, 2.05) is 0 Å². The Bertz CT molecular complexity index is 580. The molecule has 2 aromatic rings. The fourth-order valence-electron chi connectivity index (χ4n) is 1.81. The van der Waals surface area contributed by atoms with E-state index < -0.39 is 6.04 Å². The predicted molar refractivity (Wildman–Crippen MR) is 74.1 cm³/mol. The van der Waals surface area contributed by atoms with Crippen molar-refractivity contribution < 1.29 is 9.13 Å². The van der Waals surface area contributed by atoms with Crippen LogP contribution in [0.1, 0.15) is 17.2 Å². The summed E-state index contributed by atoms with van der Waals surface area (Å²) in [7, 11) is 1.55. The molecule has 0 amide bonds. The molecule has 1 heterocycles. The minimum Gasteiger partial charge on any atom is -0.495 e. The number of hydrogen-bond donors (Lipinski definition) is 2. The van der Waals surface area contributed by atoms with Gasteiger partial charge in [0.2, 0.25) is 0 Å². The standard InChI is InChI=1S/C13H13BrFN3O/c1-19-10-4-8(6-17-7-10)13(18-16)11-3-2-9(14)5-12(11)15/h2-7,13,18H,16H2,1H3. The van der Waals surface area contributed by atoms with Crippen LogP contribution in [-0.2, 0) is 0 Å². The van der Waals surface area contributed by atoms with Gasteiger partial charge in [-0.1, -0.05) is 22.0 Å². The summed E-state index contributed by atoms with van der Waals surface area (Å²) in [6.45, 7) is 0. The molecular weight excluding hydrogens is 313 g/mol. The molecule has 0 saturated carbocycles. The maximum Gasteiger partial charge on any atom is 0.137 e. The summed E-state index contributed by atoms with van der Waals surface area (Å²) in [5.74, 6) is 5.78. The Morgan fingerprint density at radius 1 is 1.37 bits per heavy atom. The zero-order chi connectivity index (χ0) is 13.8. The van der Waals surface area contributed by atoms with E-state index in [0.717, 1.165) is 5.56 Å². The Balaban J connectivity index is 2.43. The molecule has 3 N–H and O–H groups in total. The molecule has 0 fully saturated rings. The molecule has 0 spiro atoms. The van der Waals surface area contributed by atoms with Crippen LogP contribution in [0.15, 0.2) is 41.1 Å². The van der Waals surface area contributed by atoms with Gasteiger partial charge in [0.05, 0.1) is 19.3 Å². The monoisotopic (exact) mass is 325 g/mol. The van der Waals surface area contributed by atoms with Crippen LogP contribution in [0.25, 0.3) is 0 Å². The average molecular weight is 326 g/mol. The molecule has 1 aromatic carbocycles. The van der Waals surface area contributed by atoms with Crippen molar-refractivity contribution in [1.82, 2.24) is 10.4 Å². The van der Waals surface area contributed by atoms with Gasteiger partial charge in [0, 0.05) is 16.2 Å². The fourth-order valence-corrected chi connectivity index (χ4v) is 2.14. The second-order valence-electron chi connectivity index (χ2n) is 3.92. The van der Waals surface area contributed by atoms with Crippen molar-refractivity contribution in [2.45, 2.75) is 6.04 Å². The highest BCUT2D eigenvalue weighted by Crippen LogP contribution is 2.27. The Hall–Kier alpha value is -1.50. The summed E-state index contributed by atoms with van der Waals surface area (Å²) in [6.07, 6.45) is 3.20. The Morgan fingerprint density at radius 2 is 2.16 bits per heavy atom. The minimum atomic E-state index is -0.490. The highest BCUT2D eigenvalue weighted by molar-refractivity contribution is 9.10. The van der Waals surface area contributed by atoms with E-state index in [-0.39, 0.29) is 5.82 Å². The summed E-state index contributed by atoms with van der Waals surface area (Å²) in [5.41, 5.74) is 3.77. The summed E-state index contributed by atoms with van der Waals surface area (Å²) in [6, 6.07) is 6.10. The lowest BCUT2D eigenvalue weighted by molar-refractivity contribution is 0.411. The molecule has 1 unspecified atom stereocenters. The molecule has 100 valence electrons. The van der Waals surface area contributed by atoms with Crippen molar-refractivity contribution >= 4 is 15.9 Å². The number of nitrogens with one attached hydrogen (secondary N) is 1. The number of nitrogens with two attached hydrogens (primary N) is 1. The number of hydrazine groups is 1. The van der Waals surface area contributed by atoms with Crippen LogP contribution in [0.3, 0.4) is 0 Å². The number of pyridine rings is 1. The lowest BCUT2D eigenvalue weighted by Gasteiger charge is -2.18. The minimum absolute atomic E-state index is 0.347. The lowest BCUT2D eigenvalue weighted by atomic mass is 10.0. The van der Waals surface area contributed by atoms with Crippen LogP contribution < -0.4 is 16.0 Å². The molecular formula is C13H13BrFN3O. The van der Waals surface area contributed by atoms with Gasteiger partial charge in [0.1, 0.15) is 11.6 Å². The molecule has 1 atom stereocenters. The van der Waals surface area contributed by atoms with Gasteiger partial charge in [-0.15, -0.1) is 0 Å². The third kappa shape index (κ3) is 3.09. The normalized spacial score (nSPS) is 12.2. The van der Waals surface area contributed by atoms with Gasteiger partial charge in [-0.2, -0.15) is 0 Å². The van der Waals surface area contributed by atoms with E-state index in [9.17, 15) is 4.39 Å². The van der Waals surface area contributed by atoms with Crippen LogP contribution >= 0.6 is 15.9 Å². The largest absolute Gasteiger partial charge is 0.495 e. The van der Waals surface area contributed by atoms with Gasteiger partial charge < -0.3 is 4.74 Å². The van der Waals surface area contributed by atoms with Gasteiger partial charge in [0.25, 0.3) is 0 Å². The smallest absolute Gasteiger partial charge is 0.137 e.